The Balaban J connectivity index is 1.36. The summed E-state index contributed by atoms with van der Waals surface area (Å²) in [6, 6.07) is 19.4. The Bertz CT molecular complexity index is 1520. The third-order valence-electron chi connectivity index (χ3n) is 5.05. The Morgan fingerprint density at radius 3 is 2.64 bits per heavy atom. The lowest BCUT2D eigenvalue weighted by Gasteiger charge is -2.12. The highest BCUT2D eigenvalue weighted by molar-refractivity contribution is 7.80. The Labute approximate surface area is 213 Å². The number of hydrogen-bond donors (Lipinski definition) is 2. The van der Waals surface area contributed by atoms with Crippen LogP contribution in [0.25, 0.3) is 30.9 Å². The van der Waals surface area contributed by atoms with Crippen molar-refractivity contribution in [2.24, 2.45) is 0 Å². The summed E-state index contributed by atoms with van der Waals surface area (Å²) in [5.41, 5.74) is 3.73. The van der Waals surface area contributed by atoms with Crippen molar-refractivity contribution in [3.8, 4) is 10.6 Å². The van der Waals surface area contributed by atoms with Crippen molar-refractivity contribution in [1.82, 2.24) is 10.3 Å². The number of hydrogen-bond acceptors (Lipinski definition) is 5. The number of amides is 1. The molecule has 0 aliphatic heterocycles. The number of anilines is 1. The summed E-state index contributed by atoms with van der Waals surface area (Å²) < 4.78 is 1.97. The molecule has 0 bridgehead atoms. The second-order valence-electron chi connectivity index (χ2n) is 7.31. The molecule has 2 N–H and O–H groups in total. The topological polar surface area (TPSA) is 54.0 Å². The molecule has 2 aromatic heterocycles. The van der Waals surface area contributed by atoms with Gasteiger partial charge in [0.2, 0.25) is 0 Å². The number of thiazole rings is 1. The van der Waals surface area contributed by atoms with Crippen LogP contribution in [0.2, 0.25) is 10.0 Å². The van der Waals surface area contributed by atoms with E-state index in [1.165, 1.54) is 11.3 Å². The van der Waals surface area contributed by atoms with Crippen LogP contribution in [-0.2, 0) is 0 Å². The first-order chi connectivity index (χ1) is 15.9. The van der Waals surface area contributed by atoms with Crippen molar-refractivity contribution in [2.45, 2.75) is 6.92 Å². The van der Waals surface area contributed by atoms with E-state index < -0.39 is 0 Å². The number of nitrogens with zero attached hydrogens (tertiary/aromatic N) is 1. The van der Waals surface area contributed by atoms with Gasteiger partial charge in [-0.2, -0.15) is 0 Å². The Morgan fingerprint density at radius 2 is 1.82 bits per heavy atom. The Hall–Kier alpha value is -2.55. The third-order valence-corrected chi connectivity index (χ3v) is 8.23. The fraction of sp³-hybridized carbons (Fsp3) is 0.0417. The highest BCUT2D eigenvalue weighted by atomic mass is 35.5. The first-order valence-electron chi connectivity index (χ1n) is 9.85. The molecule has 9 heteroatoms. The first kappa shape index (κ1) is 22.3. The summed E-state index contributed by atoms with van der Waals surface area (Å²) in [6.45, 7) is 1.97. The lowest BCUT2D eigenvalue weighted by Crippen LogP contribution is -2.34. The summed E-state index contributed by atoms with van der Waals surface area (Å²) >= 11 is 20.8. The standard InChI is InChI=1S/C24H15Cl2N3OS3/c1-12-6-7-13(23-27-16-4-2-3-5-18(16)33-23)10-17(12)28-24(31)29-22(30)21-20(26)15-9-8-14(25)11-19(15)32-21/h2-11H,1H3,(H2,28,29,30,31). The number of carbonyl (C=O) groups is 1. The van der Waals surface area contributed by atoms with E-state index in [0.717, 1.165) is 42.1 Å². The van der Waals surface area contributed by atoms with E-state index in [-0.39, 0.29) is 11.0 Å². The predicted molar refractivity (Wildman–Crippen MR) is 145 cm³/mol. The summed E-state index contributed by atoms with van der Waals surface area (Å²) in [5.74, 6) is -0.366. The van der Waals surface area contributed by atoms with Gasteiger partial charge in [0.15, 0.2) is 5.11 Å². The molecule has 1 amide bonds. The summed E-state index contributed by atoms with van der Waals surface area (Å²) in [5, 5.41) is 8.74. The van der Waals surface area contributed by atoms with Crippen LogP contribution >= 0.6 is 58.1 Å². The minimum atomic E-state index is -0.366. The smallest absolute Gasteiger partial charge is 0.269 e. The van der Waals surface area contributed by atoms with E-state index in [9.17, 15) is 4.79 Å². The van der Waals surface area contributed by atoms with Crippen molar-refractivity contribution < 1.29 is 4.79 Å². The Kier molecular flexibility index (Phi) is 6.07. The zero-order valence-electron chi connectivity index (χ0n) is 17.1. The minimum Gasteiger partial charge on any atom is -0.332 e. The van der Waals surface area contributed by atoms with Gasteiger partial charge in [0.05, 0.1) is 15.2 Å². The molecule has 0 spiro atoms. The number of halogens is 2. The number of benzene rings is 3. The van der Waals surface area contributed by atoms with Gasteiger partial charge in [-0.1, -0.05) is 53.5 Å². The number of thiocarbonyl (C=S) groups is 1. The van der Waals surface area contributed by atoms with E-state index in [0.29, 0.717) is 14.9 Å². The second-order valence-corrected chi connectivity index (χ2v) is 10.6. The van der Waals surface area contributed by atoms with Crippen LogP contribution in [0.15, 0.2) is 60.7 Å². The minimum absolute atomic E-state index is 0.191. The number of aromatic nitrogens is 1. The molecule has 0 radical (unpaired) electrons. The van der Waals surface area contributed by atoms with Crippen LogP contribution in [0.5, 0.6) is 0 Å². The van der Waals surface area contributed by atoms with Crippen LogP contribution in [0, 0.1) is 6.92 Å². The number of aryl methyl sites for hydroxylation is 1. The van der Waals surface area contributed by atoms with E-state index in [1.807, 2.05) is 43.3 Å². The average molecular weight is 529 g/mol. The van der Waals surface area contributed by atoms with Crippen LogP contribution < -0.4 is 10.6 Å². The van der Waals surface area contributed by atoms with Crippen molar-refractivity contribution in [3.63, 3.8) is 0 Å². The Morgan fingerprint density at radius 1 is 1.00 bits per heavy atom. The molecule has 0 fully saturated rings. The van der Waals surface area contributed by atoms with Crippen LogP contribution in [0.1, 0.15) is 15.2 Å². The molecule has 4 nitrogen and oxygen atoms in total. The largest absolute Gasteiger partial charge is 0.332 e. The molecule has 0 atom stereocenters. The van der Waals surface area contributed by atoms with Gasteiger partial charge in [0.1, 0.15) is 9.88 Å². The molecule has 0 aliphatic carbocycles. The second kappa shape index (κ2) is 9.00. The monoisotopic (exact) mass is 527 g/mol. The zero-order valence-corrected chi connectivity index (χ0v) is 21.1. The molecule has 0 unspecified atom stereocenters. The molecular formula is C24H15Cl2N3OS3. The van der Waals surface area contributed by atoms with Crippen LogP contribution in [0.3, 0.4) is 0 Å². The van der Waals surface area contributed by atoms with E-state index >= 15 is 0 Å². The van der Waals surface area contributed by atoms with Crippen LogP contribution in [0.4, 0.5) is 5.69 Å². The van der Waals surface area contributed by atoms with Gasteiger partial charge < -0.3 is 5.32 Å². The van der Waals surface area contributed by atoms with Gasteiger partial charge >= 0.3 is 0 Å². The van der Waals surface area contributed by atoms with Crippen molar-refractivity contribution in [2.75, 3.05) is 5.32 Å². The molecule has 0 aliphatic rings. The van der Waals surface area contributed by atoms with E-state index in [4.69, 9.17) is 40.4 Å². The van der Waals surface area contributed by atoms with Crippen molar-refractivity contribution in [1.29, 1.82) is 0 Å². The van der Waals surface area contributed by atoms with Gasteiger partial charge in [0.25, 0.3) is 5.91 Å². The van der Waals surface area contributed by atoms with Gasteiger partial charge in [-0.15, -0.1) is 22.7 Å². The molecule has 164 valence electrons. The highest BCUT2D eigenvalue weighted by Crippen LogP contribution is 2.37. The van der Waals surface area contributed by atoms with Crippen molar-refractivity contribution >= 4 is 95.1 Å². The first-order valence-corrected chi connectivity index (χ1v) is 12.7. The predicted octanol–water partition coefficient (Wildman–Crippen LogP) is 7.92. The lowest BCUT2D eigenvalue weighted by molar-refractivity contribution is 0.0982. The fourth-order valence-electron chi connectivity index (χ4n) is 3.38. The number of para-hydroxylation sites is 1. The molecule has 5 rings (SSSR count). The maximum absolute atomic E-state index is 12.8. The number of carbonyl (C=O) groups excluding carboxylic acids is 1. The molecule has 5 aromatic rings. The van der Waals surface area contributed by atoms with Crippen LogP contribution in [-0.4, -0.2) is 16.0 Å². The van der Waals surface area contributed by atoms with Gasteiger partial charge in [-0.05, 0) is 55.0 Å². The number of nitrogens with one attached hydrogen (secondary N) is 2. The quantitative estimate of drug-likeness (QED) is 0.234. The molecule has 3 aromatic carbocycles. The van der Waals surface area contributed by atoms with E-state index in [1.54, 1.807) is 29.5 Å². The summed E-state index contributed by atoms with van der Waals surface area (Å²) in [4.78, 5) is 17.9. The van der Waals surface area contributed by atoms with Gasteiger partial charge in [-0.3, -0.25) is 10.1 Å². The maximum atomic E-state index is 12.8. The molecular weight excluding hydrogens is 513 g/mol. The third kappa shape index (κ3) is 4.47. The van der Waals surface area contributed by atoms with Gasteiger partial charge in [0, 0.05) is 26.4 Å². The molecule has 2 heterocycles. The zero-order chi connectivity index (χ0) is 23.1. The normalized spacial score (nSPS) is 11.1. The molecule has 0 saturated carbocycles. The summed E-state index contributed by atoms with van der Waals surface area (Å²) in [6.07, 6.45) is 0. The highest BCUT2D eigenvalue weighted by Gasteiger charge is 2.19. The average Bonchev–Trinajstić information content (AvgIpc) is 3.36. The number of thiophene rings is 1. The molecule has 33 heavy (non-hydrogen) atoms. The molecule has 0 saturated heterocycles. The lowest BCUT2D eigenvalue weighted by atomic mass is 10.1. The SMILES string of the molecule is Cc1ccc(-c2nc3ccccc3s2)cc1NC(=S)NC(=O)c1sc2cc(Cl)ccc2c1Cl. The number of rotatable bonds is 3. The fourth-order valence-corrected chi connectivity index (χ4v) is 6.24. The number of fused-ring (bicyclic) bond motifs is 2. The van der Waals surface area contributed by atoms with E-state index in [2.05, 4.69) is 16.7 Å². The van der Waals surface area contributed by atoms with Gasteiger partial charge in [-0.25, -0.2) is 4.98 Å². The maximum Gasteiger partial charge on any atom is 0.269 e. The summed E-state index contributed by atoms with van der Waals surface area (Å²) in [7, 11) is 0. The van der Waals surface area contributed by atoms with Crippen molar-refractivity contribution in [3.05, 3.63) is 81.1 Å².